The van der Waals surface area contributed by atoms with Crippen LogP contribution in [-0.4, -0.2) is 19.7 Å². The third kappa shape index (κ3) is 2.04. The molecule has 4 rings (SSSR count). The predicted molar refractivity (Wildman–Crippen MR) is 88.6 cm³/mol. The number of nitrogens with zero attached hydrogens (tertiary/aromatic N) is 4. The molecule has 0 radical (unpaired) electrons. The number of hydrogen-bond acceptors (Lipinski definition) is 4. The van der Waals surface area contributed by atoms with E-state index in [0.29, 0.717) is 0 Å². The Morgan fingerprint density at radius 2 is 1.65 bits per heavy atom. The molecule has 4 aromatic rings. The van der Waals surface area contributed by atoms with Gasteiger partial charge in [-0.15, -0.1) is 10.2 Å². The maximum absolute atomic E-state index is 5.41. The van der Waals surface area contributed by atoms with Crippen molar-refractivity contribution in [2.75, 3.05) is 0 Å². The molecule has 114 valence electrons. The van der Waals surface area contributed by atoms with Gasteiger partial charge in [-0.25, -0.2) is 4.98 Å². The van der Waals surface area contributed by atoms with E-state index in [2.05, 4.69) is 51.8 Å². The fourth-order valence-corrected chi connectivity index (χ4v) is 3.03. The second-order valence-corrected chi connectivity index (χ2v) is 5.65. The van der Waals surface area contributed by atoms with Crippen molar-refractivity contribution >= 4 is 11.1 Å². The highest BCUT2D eigenvalue weighted by atomic mass is 16.3. The zero-order valence-corrected chi connectivity index (χ0v) is 13.2. The second-order valence-electron chi connectivity index (χ2n) is 5.65. The van der Waals surface area contributed by atoms with Gasteiger partial charge in [0, 0.05) is 5.56 Å². The van der Waals surface area contributed by atoms with Crippen LogP contribution in [0.5, 0.6) is 0 Å². The highest BCUT2D eigenvalue weighted by molar-refractivity contribution is 5.88. The number of hydrogen-bond donors (Lipinski definition) is 0. The summed E-state index contributed by atoms with van der Waals surface area (Å²) >= 11 is 0. The standard InChI is InChI=1S/C18H16N4O/c1-11-6-4-7-12(2)17(11)22-13(3)20-21-18(22)14-8-5-9-15-16(14)19-10-23-15/h4-10H,1-3H3. The Morgan fingerprint density at radius 1 is 0.913 bits per heavy atom. The van der Waals surface area contributed by atoms with E-state index in [9.17, 15) is 0 Å². The van der Waals surface area contributed by atoms with Crippen LogP contribution in [-0.2, 0) is 0 Å². The highest BCUT2D eigenvalue weighted by Crippen LogP contribution is 2.30. The Morgan fingerprint density at radius 3 is 2.43 bits per heavy atom. The molecular formula is C18H16N4O. The third-order valence-electron chi connectivity index (χ3n) is 4.09. The third-order valence-corrected chi connectivity index (χ3v) is 4.09. The lowest BCUT2D eigenvalue weighted by atomic mass is 10.1. The minimum atomic E-state index is 0.746. The van der Waals surface area contributed by atoms with Crippen molar-refractivity contribution in [2.24, 2.45) is 0 Å². The van der Waals surface area contributed by atoms with Crippen LogP contribution in [0.3, 0.4) is 0 Å². The number of benzene rings is 2. The first-order chi connectivity index (χ1) is 11.2. The number of oxazole rings is 1. The first kappa shape index (κ1) is 13.7. The summed E-state index contributed by atoms with van der Waals surface area (Å²) in [6.07, 6.45) is 1.46. The van der Waals surface area contributed by atoms with Crippen LogP contribution >= 0.6 is 0 Å². The van der Waals surface area contributed by atoms with Gasteiger partial charge in [-0.05, 0) is 44.0 Å². The van der Waals surface area contributed by atoms with Crippen molar-refractivity contribution in [3.8, 4) is 17.1 Å². The zero-order chi connectivity index (χ0) is 16.0. The number of aromatic nitrogens is 4. The van der Waals surface area contributed by atoms with Crippen molar-refractivity contribution in [3.05, 3.63) is 59.7 Å². The van der Waals surface area contributed by atoms with E-state index >= 15 is 0 Å². The fourth-order valence-electron chi connectivity index (χ4n) is 3.03. The molecule has 2 aromatic heterocycles. The smallest absolute Gasteiger partial charge is 0.182 e. The van der Waals surface area contributed by atoms with Crippen LogP contribution in [0.15, 0.2) is 47.2 Å². The molecule has 0 atom stereocenters. The van der Waals surface area contributed by atoms with E-state index < -0.39 is 0 Å². The number of aryl methyl sites for hydroxylation is 3. The summed E-state index contributed by atoms with van der Waals surface area (Å²) in [6.45, 7) is 6.16. The Balaban J connectivity index is 2.05. The van der Waals surface area contributed by atoms with Crippen LogP contribution in [0.4, 0.5) is 0 Å². The van der Waals surface area contributed by atoms with Crippen molar-refractivity contribution < 1.29 is 4.42 Å². The molecule has 0 bridgehead atoms. The lowest BCUT2D eigenvalue weighted by molar-refractivity contribution is 0.602. The van der Waals surface area contributed by atoms with Gasteiger partial charge in [-0.2, -0.15) is 0 Å². The van der Waals surface area contributed by atoms with Gasteiger partial charge < -0.3 is 4.42 Å². The Labute approximate surface area is 133 Å². The van der Waals surface area contributed by atoms with E-state index in [1.165, 1.54) is 17.5 Å². The van der Waals surface area contributed by atoms with Crippen LogP contribution < -0.4 is 0 Å². The molecular weight excluding hydrogens is 288 g/mol. The van der Waals surface area contributed by atoms with Crippen molar-refractivity contribution in [1.29, 1.82) is 0 Å². The molecule has 0 spiro atoms. The summed E-state index contributed by atoms with van der Waals surface area (Å²) < 4.78 is 7.50. The second kappa shape index (κ2) is 5.05. The first-order valence-electron chi connectivity index (χ1n) is 7.48. The largest absolute Gasteiger partial charge is 0.443 e. The Hall–Kier alpha value is -2.95. The number of rotatable bonds is 2. The van der Waals surface area contributed by atoms with Crippen molar-refractivity contribution in [2.45, 2.75) is 20.8 Å². The van der Waals surface area contributed by atoms with Crippen molar-refractivity contribution in [1.82, 2.24) is 19.7 Å². The zero-order valence-electron chi connectivity index (χ0n) is 13.2. The Bertz CT molecular complexity index is 993. The molecule has 5 heteroatoms. The average molecular weight is 304 g/mol. The number of para-hydroxylation sites is 2. The predicted octanol–water partition coefficient (Wildman–Crippen LogP) is 4.00. The summed E-state index contributed by atoms with van der Waals surface area (Å²) in [5.74, 6) is 1.62. The minimum Gasteiger partial charge on any atom is -0.443 e. The summed E-state index contributed by atoms with van der Waals surface area (Å²) in [6, 6.07) is 12.1. The summed E-state index contributed by atoms with van der Waals surface area (Å²) in [7, 11) is 0. The first-order valence-corrected chi connectivity index (χ1v) is 7.48. The molecule has 0 saturated carbocycles. The van der Waals surface area contributed by atoms with E-state index in [-0.39, 0.29) is 0 Å². The average Bonchev–Trinajstić information content (AvgIpc) is 3.14. The Kier molecular flexibility index (Phi) is 3.01. The molecule has 0 aliphatic carbocycles. The maximum atomic E-state index is 5.41. The molecule has 0 fully saturated rings. The summed E-state index contributed by atoms with van der Waals surface area (Å²) in [5.41, 5.74) is 5.94. The van der Waals surface area contributed by atoms with Gasteiger partial charge in [-0.1, -0.05) is 24.3 Å². The lowest BCUT2D eigenvalue weighted by Gasteiger charge is -2.14. The minimum absolute atomic E-state index is 0.746. The lowest BCUT2D eigenvalue weighted by Crippen LogP contribution is -2.04. The van der Waals surface area contributed by atoms with Gasteiger partial charge in [0.25, 0.3) is 0 Å². The molecule has 0 aliphatic rings. The van der Waals surface area contributed by atoms with E-state index in [1.54, 1.807) is 0 Å². The van der Waals surface area contributed by atoms with Gasteiger partial charge in [0.1, 0.15) is 11.3 Å². The molecule has 0 N–H and O–H groups in total. The molecule has 5 nitrogen and oxygen atoms in total. The van der Waals surface area contributed by atoms with Gasteiger partial charge in [0.2, 0.25) is 0 Å². The molecule has 0 saturated heterocycles. The topological polar surface area (TPSA) is 56.7 Å². The molecule has 0 amide bonds. The number of fused-ring (bicyclic) bond motifs is 1. The van der Waals surface area contributed by atoms with Gasteiger partial charge >= 0.3 is 0 Å². The summed E-state index contributed by atoms with van der Waals surface area (Å²) in [4.78, 5) is 4.34. The SMILES string of the molecule is Cc1cccc(C)c1-n1c(C)nnc1-c1cccc2ocnc12. The van der Waals surface area contributed by atoms with E-state index in [0.717, 1.165) is 34.0 Å². The van der Waals surface area contributed by atoms with Crippen LogP contribution in [0.1, 0.15) is 17.0 Å². The van der Waals surface area contributed by atoms with Crippen LogP contribution in [0.25, 0.3) is 28.2 Å². The monoisotopic (exact) mass is 304 g/mol. The summed E-state index contributed by atoms with van der Waals surface area (Å²) in [5, 5.41) is 8.70. The van der Waals surface area contributed by atoms with E-state index in [4.69, 9.17) is 4.42 Å². The molecule has 23 heavy (non-hydrogen) atoms. The fraction of sp³-hybridized carbons (Fsp3) is 0.167. The molecule has 0 aliphatic heterocycles. The van der Waals surface area contributed by atoms with Crippen LogP contribution in [0, 0.1) is 20.8 Å². The van der Waals surface area contributed by atoms with Gasteiger partial charge in [0.15, 0.2) is 17.8 Å². The van der Waals surface area contributed by atoms with Gasteiger partial charge in [-0.3, -0.25) is 4.57 Å². The highest BCUT2D eigenvalue weighted by Gasteiger charge is 2.19. The van der Waals surface area contributed by atoms with Crippen molar-refractivity contribution in [3.63, 3.8) is 0 Å². The molecule has 0 unspecified atom stereocenters. The normalized spacial score (nSPS) is 11.3. The molecule has 2 aromatic carbocycles. The molecule has 2 heterocycles. The maximum Gasteiger partial charge on any atom is 0.182 e. The van der Waals surface area contributed by atoms with Gasteiger partial charge in [0.05, 0.1) is 5.69 Å². The van der Waals surface area contributed by atoms with E-state index in [1.807, 2.05) is 25.1 Å². The van der Waals surface area contributed by atoms with Crippen LogP contribution in [0.2, 0.25) is 0 Å². The quantitative estimate of drug-likeness (QED) is 0.561.